The lowest BCUT2D eigenvalue weighted by molar-refractivity contribution is 0.0100. The van der Waals surface area contributed by atoms with Gasteiger partial charge in [0.2, 0.25) is 0 Å². The van der Waals surface area contributed by atoms with E-state index in [1.807, 2.05) is 35.2 Å². The fraction of sp³-hybridized carbons (Fsp3) is 0.353. The predicted octanol–water partition coefficient (Wildman–Crippen LogP) is 1.55. The molecule has 1 aliphatic heterocycles. The van der Waals surface area contributed by atoms with Crippen molar-refractivity contribution in [2.45, 2.75) is 6.10 Å². The molecule has 1 aliphatic rings. The molecule has 1 unspecified atom stereocenters. The highest BCUT2D eigenvalue weighted by molar-refractivity contribution is 5.87. The van der Waals surface area contributed by atoms with E-state index in [9.17, 15) is 4.79 Å². The average molecular weight is 329 g/mol. The van der Waals surface area contributed by atoms with E-state index >= 15 is 0 Å². The lowest BCUT2D eigenvalue weighted by Gasteiger charge is -2.33. The van der Waals surface area contributed by atoms with Crippen LogP contribution in [0.2, 0.25) is 0 Å². The van der Waals surface area contributed by atoms with Crippen LogP contribution in [0.25, 0.3) is 0 Å². The molecule has 1 aromatic carbocycles. The summed E-state index contributed by atoms with van der Waals surface area (Å²) in [4.78, 5) is 22.0. The molecule has 126 valence electrons. The first kappa shape index (κ1) is 16.2. The monoisotopic (exact) mass is 329 g/mol. The minimum atomic E-state index is -0.499. The van der Waals surface area contributed by atoms with E-state index in [-0.39, 0.29) is 11.8 Å². The molecule has 0 bridgehead atoms. The normalized spacial score (nSPS) is 17.4. The van der Waals surface area contributed by atoms with Gasteiger partial charge in [0, 0.05) is 13.1 Å². The number of methoxy groups -OCH3 is 1. The molecule has 0 N–H and O–H groups in total. The Kier molecular flexibility index (Phi) is 5.22. The van der Waals surface area contributed by atoms with E-state index in [2.05, 4.69) is 14.7 Å². The number of hydrogen-bond acceptors (Lipinski definition) is 7. The van der Waals surface area contributed by atoms with E-state index in [0.717, 1.165) is 5.75 Å². The van der Waals surface area contributed by atoms with Gasteiger partial charge in [-0.25, -0.2) is 9.78 Å². The molecule has 0 saturated carbocycles. The summed E-state index contributed by atoms with van der Waals surface area (Å²) in [6.45, 7) is 2.31. The summed E-state index contributed by atoms with van der Waals surface area (Å²) in [6, 6.07) is 9.62. The molecular weight excluding hydrogens is 310 g/mol. The molecule has 0 amide bonds. The maximum absolute atomic E-state index is 11.6. The number of ether oxygens (including phenoxy) is 3. The number of aromatic nitrogens is 2. The topological polar surface area (TPSA) is 73.8 Å². The van der Waals surface area contributed by atoms with Gasteiger partial charge in [0.15, 0.2) is 5.69 Å². The number of carbonyl (C=O) groups is 1. The van der Waals surface area contributed by atoms with Gasteiger partial charge in [0.05, 0.1) is 26.1 Å². The summed E-state index contributed by atoms with van der Waals surface area (Å²) < 4.78 is 16.2. The van der Waals surface area contributed by atoms with E-state index < -0.39 is 5.97 Å². The van der Waals surface area contributed by atoms with Crippen molar-refractivity contribution < 1.29 is 19.0 Å². The number of anilines is 1. The fourth-order valence-electron chi connectivity index (χ4n) is 2.45. The van der Waals surface area contributed by atoms with Crippen LogP contribution in [0.3, 0.4) is 0 Å². The third-order valence-corrected chi connectivity index (χ3v) is 3.66. The van der Waals surface area contributed by atoms with Crippen molar-refractivity contribution in [3.05, 3.63) is 48.4 Å². The minimum Gasteiger partial charge on any atom is -0.491 e. The number of morpholine rings is 1. The Labute approximate surface area is 140 Å². The summed E-state index contributed by atoms with van der Waals surface area (Å²) in [5, 5.41) is 0. The summed E-state index contributed by atoms with van der Waals surface area (Å²) in [7, 11) is 1.32. The van der Waals surface area contributed by atoms with Crippen molar-refractivity contribution in [3.8, 4) is 5.75 Å². The van der Waals surface area contributed by atoms with Crippen LogP contribution in [-0.4, -0.2) is 55.5 Å². The number of carbonyl (C=O) groups excluding carboxylic acids is 1. The van der Waals surface area contributed by atoms with Gasteiger partial charge in [0.25, 0.3) is 0 Å². The van der Waals surface area contributed by atoms with E-state index in [0.29, 0.717) is 32.1 Å². The average Bonchev–Trinajstić information content (AvgIpc) is 2.67. The van der Waals surface area contributed by atoms with E-state index in [1.54, 1.807) is 6.20 Å². The lowest BCUT2D eigenvalue weighted by atomic mass is 10.3. The van der Waals surface area contributed by atoms with Crippen LogP contribution in [0, 0.1) is 0 Å². The number of nitrogens with zero attached hydrogens (tertiary/aromatic N) is 3. The molecule has 0 aliphatic carbocycles. The highest BCUT2D eigenvalue weighted by Gasteiger charge is 2.23. The number of para-hydroxylation sites is 1. The molecule has 7 heteroatoms. The Morgan fingerprint density at radius 2 is 2.17 bits per heavy atom. The zero-order valence-corrected chi connectivity index (χ0v) is 13.4. The van der Waals surface area contributed by atoms with Gasteiger partial charge >= 0.3 is 5.97 Å². The van der Waals surface area contributed by atoms with Gasteiger partial charge in [-0.05, 0) is 12.1 Å². The molecule has 2 heterocycles. The first-order chi connectivity index (χ1) is 11.8. The van der Waals surface area contributed by atoms with Crippen LogP contribution >= 0.6 is 0 Å². The largest absolute Gasteiger partial charge is 0.491 e. The Bertz CT molecular complexity index is 681. The van der Waals surface area contributed by atoms with Crippen LogP contribution in [0.1, 0.15) is 10.5 Å². The van der Waals surface area contributed by atoms with Gasteiger partial charge in [-0.2, -0.15) is 0 Å². The van der Waals surface area contributed by atoms with Crippen LogP contribution < -0.4 is 9.64 Å². The maximum Gasteiger partial charge on any atom is 0.358 e. The summed E-state index contributed by atoms with van der Waals surface area (Å²) in [6.07, 6.45) is 2.95. The minimum absolute atomic E-state index is 0.0810. The molecule has 1 aromatic heterocycles. The van der Waals surface area contributed by atoms with Crippen molar-refractivity contribution in [2.24, 2.45) is 0 Å². The van der Waals surface area contributed by atoms with Gasteiger partial charge in [0.1, 0.15) is 24.3 Å². The smallest absolute Gasteiger partial charge is 0.358 e. The van der Waals surface area contributed by atoms with Crippen molar-refractivity contribution in [1.82, 2.24) is 9.97 Å². The Morgan fingerprint density at radius 3 is 2.96 bits per heavy atom. The van der Waals surface area contributed by atoms with Crippen LogP contribution in [0.5, 0.6) is 5.75 Å². The second-order valence-electron chi connectivity index (χ2n) is 5.32. The molecule has 1 saturated heterocycles. The van der Waals surface area contributed by atoms with Crippen LogP contribution in [0.15, 0.2) is 42.7 Å². The van der Waals surface area contributed by atoms with Crippen molar-refractivity contribution in [2.75, 3.05) is 38.3 Å². The molecule has 0 radical (unpaired) electrons. The molecule has 7 nitrogen and oxygen atoms in total. The lowest BCUT2D eigenvalue weighted by Crippen LogP contribution is -2.45. The first-order valence-electron chi connectivity index (χ1n) is 7.71. The summed E-state index contributed by atoms with van der Waals surface area (Å²) >= 11 is 0. The zero-order valence-electron chi connectivity index (χ0n) is 13.4. The highest BCUT2D eigenvalue weighted by atomic mass is 16.5. The predicted molar refractivity (Wildman–Crippen MR) is 87.3 cm³/mol. The second-order valence-corrected chi connectivity index (χ2v) is 5.32. The molecule has 0 spiro atoms. The number of hydrogen-bond donors (Lipinski definition) is 0. The van der Waals surface area contributed by atoms with Crippen LogP contribution in [-0.2, 0) is 9.47 Å². The zero-order chi connectivity index (χ0) is 16.8. The molecule has 1 fully saturated rings. The highest BCUT2D eigenvalue weighted by Crippen LogP contribution is 2.16. The van der Waals surface area contributed by atoms with Crippen LogP contribution in [0.4, 0.5) is 5.82 Å². The van der Waals surface area contributed by atoms with Gasteiger partial charge in [-0.15, -0.1) is 0 Å². The van der Waals surface area contributed by atoms with E-state index in [4.69, 9.17) is 9.47 Å². The Hall–Kier alpha value is -2.67. The molecule has 24 heavy (non-hydrogen) atoms. The number of benzene rings is 1. The fourth-order valence-corrected chi connectivity index (χ4v) is 2.45. The van der Waals surface area contributed by atoms with Gasteiger partial charge in [-0.3, -0.25) is 4.98 Å². The van der Waals surface area contributed by atoms with Gasteiger partial charge in [-0.1, -0.05) is 18.2 Å². The molecule has 1 atom stereocenters. The number of esters is 1. The maximum atomic E-state index is 11.6. The molecular formula is C17H19N3O4. The molecule has 2 aromatic rings. The standard InChI is InChI=1S/C17H19N3O4/c1-22-17(21)15-9-18-10-16(19-15)20-7-8-23-14(11-20)12-24-13-5-3-2-4-6-13/h2-6,9-10,14H,7-8,11-12H2,1H3. The third kappa shape index (κ3) is 3.99. The SMILES string of the molecule is COC(=O)c1cncc(N2CCOC(COc3ccccc3)C2)n1. The van der Waals surface area contributed by atoms with Crippen molar-refractivity contribution >= 4 is 11.8 Å². The van der Waals surface area contributed by atoms with Crippen molar-refractivity contribution in [3.63, 3.8) is 0 Å². The Morgan fingerprint density at radius 1 is 1.33 bits per heavy atom. The van der Waals surface area contributed by atoms with Gasteiger partial charge < -0.3 is 19.1 Å². The second kappa shape index (κ2) is 7.74. The number of rotatable bonds is 5. The Balaban J connectivity index is 1.62. The summed E-state index contributed by atoms with van der Waals surface area (Å²) in [5.41, 5.74) is 0.193. The quantitative estimate of drug-likeness (QED) is 0.770. The summed E-state index contributed by atoms with van der Waals surface area (Å²) in [5.74, 6) is 0.943. The van der Waals surface area contributed by atoms with Crippen molar-refractivity contribution in [1.29, 1.82) is 0 Å². The first-order valence-corrected chi connectivity index (χ1v) is 7.71. The molecule has 3 rings (SSSR count). The third-order valence-electron chi connectivity index (χ3n) is 3.66. The van der Waals surface area contributed by atoms with E-state index in [1.165, 1.54) is 13.3 Å².